The van der Waals surface area contributed by atoms with Crippen molar-refractivity contribution < 1.29 is 4.79 Å². The molecule has 3 nitrogen and oxygen atoms in total. The van der Waals surface area contributed by atoms with Crippen molar-refractivity contribution in [1.82, 2.24) is 9.78 Å². The number of ketones is 1. The van der Waals surface area contributed by atoms with Gasteiger partial charge in [0.2, 0.25) is 5.78 Å². The maximum Gasteiger partial charge on any atom is 0.212 e. The smallest absolute Gasteiger partial charge is 0.212 e. The molecule has 0 saturated heterocycles. The van der Waals surface area contributed by atoms with E-state index >= 15 is 0 Å². The van der Waals surface area contributed by atoms with Gasteiger partial charge >= 0.3 is 0 Å². The zero-order valence-electron chi connectivity index (χ0n) is 11.6. The van der Waals surface area contributed by atoms with Gasteiger partial charge in [0.05, 0.1) is 10.7 Å². The first-order chi connectivity index (χ1) is 8.90. The topological polar surface area (TPSA) is 34.9 Å². The Balaban J connectivity index is 2.53. The predicted octanol–water partition coefficient (Wildman–Crippen LogP) is 4.07. The molecule has 0 bridgehead atoms. The third-order valence-electron chi connectivity index (χ3n) is 2.94. The number of aromatic nitrogens is 2. The Bertz CT molecular complexity index is 609. The Morgan fingerprint density at radius 2 is 1.79 bits per heavy atom. The summed E-state index contributed by atoms with van der Waals surface area (Å²) in [5.74, 6) is 0.00451. The van der Waals surface area contributed by atoms with Crippen LogP contribution in [0.3, 0.4) is 0 Å². The summed E-state index contributed by atoms with van der Waals surface area (Å²) in [7, 11) is 0. The molecule has 0 aliphatic carbocycles. The molecule has 0 saturated carbocycles. The minimum absolute atomic E-state index is 0.00451. The van der Waals surface area contributed by atoms with Gasteiger partial charge in [0, 0.05) is 11.6 Å². The summed E-state index contributed by atoms with van der Waals surface area (Å²) in [6.07, 6.45) is 1.68. The van der Waals surface area contributed by atoms with Gasteiger partial charge in [-0.05, 0) is 55.8 Å². The zero-order valence-corrected chi connectivity index (χ0v) is 13.2. The molecular formula is C15H17BrN2O. The summed E-state index contributed by atoms with van der Waals surface area (Å²) in [5, 5.41) is 4.26. The van der Waals surface area contributed by atoms with Crippen molar-refractivity contribution in [3.8, 4) is 0 Å². The average molecular weight is 321 g/mol. The number of carbonyl (C=O) groups excluding carboxylic acids is 1. The fourth-order valence-corrected chi connectivity index (χ4v) is 2.64. The fourth-order valence-electron chi connectivity index (χ4n) is 2.19. The van der Waals surface area contributed by atoms with E-state index in [4.69, 9.17) is 0 Å². The van der Waals surface area contributed by atoms with Crippen molar-refractivity contribution in [2.75, 3.05) is 0 Å². The van der Waals surface area contributed by atoms with Gasteiger partial charge in [-0.3, -0.25) is 9.48 Å². The molecule has 0 unspecified atom stereocenters. The molecule has 2 aromatic rings. The predicted molar refractivity (Wildman–Crippen MR) is 79.7 cm³/mol. The monoisotopic (exact) mass is 320 g/mol. The Morgan fingerprint density at radius 3 is 2.32 bits per heavy atom. The molecule has 2 rings (SSSR count). The summed E-state index contributed by atoms with van der Waals surface area (Å²) in [5.41, 5.74) is 3.51. The minimum Gasteiger partial charge on any atom is -0.287 e. The maximum absolute atomic E-state index is 12.7. The zero-order chi connectivity index (χ0) is 14.2. The Morgan fingerprint density at radius 1 is 1.21 bits per heavy atom. The quantitative estimate of drug-likeness (QED) is 0.799. The van der Waals surface area contributed by atoms with Crippen LogP contribution in [0.15, 0.2) is 28.9 Å². The fraction of sp³-hybridized carbons (Fsp3) is 0.333. The summed E-state index contributed by atoms with van der Waals surface area (Å²) in [6.45, 7) is 8.02. The first-order valence-electron chi connectivity index (χ1n) is 6.26. The summed E-state index contributed by atoms with van der Waals surface area (Å²) in [4.78, 5) is 12.7. The molecular weight excluding hydrogens is 304 g/mol. The lowest BCUT2D eigenvalue weighted by Gasteiger charge is -2.11. The van der Waals surface area contributed by atoms with Crippen LogP contribution in [0.2, 0.25) is 0 Å². The number of benzene rings is 1. The molecule has 0 amide bonds. The largest absolute Gasteiger partial charge is 0.287 e. The van der Waals surface area contributed by atoms with Gasteiger partial charge in [-0.2, -0.15) is 5.10 Å². The van der Waals surface area contributed by atoms with E-state index < -0.39 is 0 Å². The minimum atomic E-state index is 0.00451. The normalized spacial score (nSPS) is 11.1. The molecule has 0 fully saturated rings. The highest BCUT2D eigenvalue weighted by Crippen LogP contribution is 2.23. The molecule has 100 valence electrons. The van der Waals surface area contributed by atoms with Gasteiger partial charge in [0.15, 0.2) is 0 Å². The second-order valence-corrected chi connectivity index (χ2v) is 5.94. The molecule has 4 heteroatoms. The number of nitrogens with zero attached hydrogens (tertiary/aromatic N) is 2. The highest BCUT2D eigenvalue weighted by atomic mass is 79.9. The molecule has 1 aromatic heterocycles. The molecule has 0 aliphatic rings. The van der Waals surface area contributed by atoms with E-state index in [9.17, 15) is 4.79 Å². The number of hydrogen-bond acceptors (Lipinski definition) is 2. The van der Waals surface area contributed by atoms with Crippen LogP contribution in [0, 0.1) is 13.8 Å². The summed E-state index contributed by atoms with van der Waals surface area (Å²) in [6, 6.07) is 6.04. The third kappa shape index (κ3) is 2.78. The first-order valence-corrected chi connectivity index (χ1v) is 7.05. The average Bonchev–Trinajstić information content (AvgIpc) is 2.69. The van der Waals surface area contributed by atoms with Crippen molar-refractivity contribution >= 4 is 21.7 Å². The van der Waals surface area contributed by atoms with E-state index in [-0.39, 0.29) is 11.8 Å². The van der Waals surface area contributed by atoms with Crippen LogP contribution < -0.4 is 0 Å². The van der Waals surface area contributed by atoms with Gasteiger partial charge in [-0.1, -0.05) is 17.2 Å². The van der Waals surface area contributed by atoms with Crippen LogP contribution in [0.25, 0.3) is 0 Å². The number of carbonyl (C=O) groups is 1. The second-order valence-electron chi connectivity index (χ2n) is 5.08. The van der Waals surface area contributed by atoms with Crippen molar-refractivity contribution in [3.05, 3.63) is 51.3 Å². The van der Waals surface area contributed by atoms with Crippen LogP contribution in [0.4, 0.5) is 0 Å². The van der Waals surface area contributed by atoms with E-state index in [1.807, 2.05) is 39.8 Å². The second kappa shape index (κ2) is 5.29. The van der Waals surface area contributed by atoms with Crippen LogP contribution in [-0.2, 0) is 0 Å². The lowest BCUT2D eigenvalue weighted by Crippen LogP contribution is -2.14. The van der Waals surface area contributed by atoms with Crippen molar-refractivity contribution in [3.63, 3.8) is 0 Å². The molecule has 1 aromatic carbocycles. The first kappa shape index (κ1) is 14.0. The van der Waals surface area contributed by atoms with E-state index in [0.717, 1.165) is 15.6 Å². The Labute approximate surface area is 121 Å². The summed E-state index contributed by atoms with van der Waals surface area (Å²) >= 11 is 3.42. The highest BCUT2D eigenvalue weighted by molar-refractivity contribution is 9.10. The number of hydrogen-bond donors (Lipinski definition) is 0. The lowest BCUT2D eigenvalue weighted by atomic mass is 10.0. The standard InChI is InChI=1S/C15H17BrN2O/c1-9(2)18-14(13(16)8-17-18)15(19)12-6-10(3)5-11(4)7-12/h5-9H,1-4H3. The van der Waals surface area contributed by atoms with Gasteiger partial charge in [0.25, 0.3) is 0 Å². The molecule has 0 atom stereocenters. The molecule has 0 spiro atoms. The number of rotatable bonds is 3. The number of halogens is 1. The van der Waals surface area contributed by atoms with Gasteiger partial charge in [-0.25, -0.2) is 0 Å². The molecule has 1 heterocycles. The van der Waals surface area contributed by atoms with Crippen LogP contribution in [0.5, 0.6) is 0 Å². The summed E-state index contributed by atoms with van der Waals surface area (Å²) < 4.78 is 2.50. The van der Waals surface area contributed by atoms with Gasteiger partial charge in [-0.15, -0.1) is 0 Å². The van der Waals surface area contributed by atoms with Crippen molar-refractivity contribution in [2.24, 2.45) is 0 Å². The maximum atomic E-state index is 12.7. The van der Waals surface area contributed by atoms with E-state index in [1.165, 1.54) is 0 Å². The molecule has 0 aliphatic heterocycles. The van der Waals surface area contributed by atoms with Crippen LogP contribution >= 0.6 is 15.9 Å². The van der Waals surface area contributed by atoms with Crippen molar-refractivity contribution in [1.29, 1.82) is 0 Å². The third-order valence-corrected chi connectivity index (χ3v) is 3.52. The van der Waals surface area contributed by atoms with Crippen LogP contribution in [0.1, 0.15) is 47.1 Å². The number of aryl methyl sites for hydroxylation is 2. The van der Waals surface area contributed by atoms with E-state index in [0.29, 0.717) is 11.3 Å². The molecule has 0 N–H and O–H groups in total. The highest BCUT2D eigenvalue weighted by Gasteiger charge is 2.20. The molecule has 0 radical (unpaired) electrons. The Hall–Kier alpha value is -1.42. The van der Waals surface area contributed by atoms with E-state index in [2.05, 4.69) is 27.1 Å². The van der Waals surface area contributed by atoms with Gasteiger partial charge < -0.3 is 0 Å². The molecule has 19 heavy (non-hydrogen) atoms. The SMILES string of the molecule is Cc1cc(C)cc(C(=O)c2c(Br)cnn2C(C)C)c1. The van der Waals surface area contributed by atoms with Crippen LogP contribution in [-0.4, -0.2) is 15.6 Å². The van der Waals surface area contributed by atoms with Crippen molar-refractivity contribution in [2.45, 2.75) is 33.7 Å². The van der Waals surface area contributed by atoms with E-state index in [1.54, 1.807) is 10.9 Å². The lowest BCUT2D eigenvalue weighted by molar-refractivity contribution is 0.102. The Kier molecular flexibility index (Phi) is 3.90. The van der Waals surface area contributed by atoms with Gasteiger partial charge in [0.1, 0.15) is 5.69 Å².